The number of nitrogens with zero attached hydrogens (tertiary/aromatic N) is 3. The number of hydrogen-bond acceptors (Lipinski definition) is 6. The minimum atomic E-state index is -0.914. The van der Waals surface area contributed by atoms with E-state index in [1.54, 1.807) is 44.0 Å². The molecule has 2 bridgehead atoms. The van der Waals surface area contributed by atoms with Gasteiger partial charge in [0.05, 0.1) is 16.0 Å². The summed E-state index contributed by atoms with van der Waals surface area (Å²) >= 11 is 1.48. The second-order valence-electron chi connectivity index (χ2n) is 10.8. The van der Waals surface area contributed by atoms with Crippen molar-refractivity contribution in [3.63, 3.8) is 0 Å². The third-order valence-electron chi connectivity index (χ3n) is 7.24. The molecule has 1 saturated heterocycles. The van der Waals surface area contributed by atoms with Gasteiger partial charge in [0.1, 0.15) is 23.5 Å². The number of hydrogen-bond donors (Lipinski definition) is 1. The van der Waals surface area contributed by atoms with Gasteiger partial charge in [0.25, 0.3) is 0 Å². The van der Waals surface area contributed by atoms with Crippen molar-refractivity contribution < 1.29 is 18.7 Å². The summed E-state index contributed by atoms with van der Waals surface area (Å²) in [5.41, 5.74) is 0.407. The van der Waals surface area contributed by atoms with E-state index in [0.717, 1.165) is 28.3 Å². The lowest BCUT2D eigenvalue weighted by Crippen LogP contribution is -2.56. The Kier molecular flexibility index (Phi) is 5.83. The molecule has 35 heavy (non-hydrogen) atoms. The maximum absolute atomic E-state index is 14.9. The van der Waals surface area contributed by atoms with Gasteiger partial charge in [-0.2, -0.15) is 5.26 Å². The van der Waals surface area contributed by atoms with Crippen molar-refractivity contribution in [2.24, 2.45) is 17.8 Å². The zero-order valence-corrected chi connectivity index (χ0v) is 21.1. The molecule has 2 aromatic rings. The minimum absolute atomic E-state index is 0.0107. The summed E-state index contributed by atoms with van der Waals surface area (Å²) < 4.78 is 20.5. The molecule has 2 saturated carbocycles. The lowest BCUT2D eigenvalue weighted by Gasteiger charge is -2.35. The number of aromatic nitrogens is 1. The molecule has 6 atom stereocenters. The second kappa shape index (κ2) is 8.59. The average molecular weight is 497 g/mol. The first kappa shape index (κ1) is 23.7. The van der Waals surface area contributed by atoms with Gasteiger partial charge in [-0.15, -0.1) is 11.3 Å². The quantitative estimate of drug-likeness (QED) is 0.660. The SMILES string of the molecule is Cc1ncc(-c2ccc(C[C@@H](C#N)NC(=O)[C@@H]3[C@@H]4C[C@@H]([C@H]5C[C@@H]45)N3C(=O)OC(C)(C)C)c(F)c2)s1. The summed E-state index contributed by atoms with van der Waals surface area (Å²) in [6.07, 6.45) is 3.08. The summed E-state index contributed by atoms with van der Waals surface area (Å²) in [4.78, 5) is 33.0. The van der Waals surface area contributed by atoms with Crippen molar-refractivity contribution in [2.45, 2.75) is 70.7 Å². The number of ether oxygens (including phenoxy) is 1. The number of likely N-dealkylation sites (tertiary alicyclic amines) is 1. The van der Waals surface area contributed by atoms with Gasteiger partial charge in [0.15, 0.2) is 0 Å². The van der Waals surface area contributed by atoms with E-state index in [1.165, 1.54) is 17.4 Å². The number of halogens is 1. The molecule has 9 heteroatoms. The van der Waals surface area contributed by atoms with Gasteiger partial charge in [-0.1, -0.05) is 12.1 Å². The van der Waals surface area contributed by atoms with Crippen LogP contribution in [-0.2, 0) is 16.0 Å². The molecular formula is C26H29FN4O3S. The molecule has 0 unspecified atom stereocenters. The summed E-state index contributed by atoms with van der Waals surface area (Å²) in [5, 5.41) is 13.4. The highest BCUT2D eigenvalue weighted by molar-refractivity contribution is 7.15. The van der Waals surface area contributed by atoms with Crippen LogP contribution in [0, 0.1) is 41.8 Å². The summed E-state index contributed by atoms with van der Waals surface area (Å²) in [6, 6.07) is 5.41. The molecule has 184 valence electrons. The average Bonchev–Trinajstić information content (AvgIpc) is 3.14. The lowest BCUT2D eigenvalue weighted by molar-refractivity contribution is -0.128. The molecule has 0 spiro atoms. The van der Waals surface area contributed by atoms with E-state index in [2.05, 4.69) is 16.4 Å². The topological polar surface area (TPSA) is 95.3 Å². The molecule has 7 nitrogen and oxygen atoms in total. The standard InChI is InChI=1S/C26H29FN4O3S/c1-13-29-12-22(35-13)15-6-5-14(20(27)8-15)7-16(11-28)30-24(32)23-19-10-21(18-9-17(18)19)31(23)25(33)34-26(2,3)4/h5-6,8,12,16-19,21,23H,7,9-10H2,1-4H3,(H,30,32)/t16-,17+,18-,19+,21-,23-/m0/s1. The van der Waals surface area contributed by atoms with Crippen molar-refractivity contribution >= 4 is 23.3 Å². The van der Waals surface area contributed by atoms with E-state index < -0.39 is 29.6 Å². The van der Waals surface area contributed by atoms with E-state index in [-0.39, 0.29) is 24.3 Å². The number of rotatable bonds is 5. The number of piperidine rings is 1. The highest BCUT2D eigenvalue weighted by Gasteiger charge is 2.67. The van der Waals surface area contributed by atoms with Gasteiger partial charge >= 0.3 is 6.09 Å². The van der Waals surface area contributed by atoms with Crippen LogP contribution < -0.4 is 5.32 Å². The first-order chi connectivity index (χ1) is 16.6. The van der Waals surface area contributed by atoms with E-state index in [9.17, 15) is 19.2 Å². The van der Waals surface area contributed by atoms with Gasteiger partial charge in [-0.05, 0) is 75.5 Å². The van der Waals surface area contributed by atoms with E-state index in [1.807, 2.05) is 6.92 Å². The minimum Gasteiger partial charge on any atom is -0.444 e. The van der Waals surface area contributed by atoms with Crippen LogP contribution in [-0.4, -0.2) is 45.6 Å². The summed E-state index contributed by atoms with van der Waals surface area (Å²) in [7, 11) is 0. The van der Waals surface area contributed by atoms with Crippen LogP contribution >= 0.6 is 11.3 Å². The Morgan fingerprint density at radius 1 is 1.31 bits per heavy atom. The van der Waals surface area contributed by atoms with Crippen molar-refractivity contribution in [1.29, 1.82) is 5.26 Å². The molecule has 1 aromatic carbocycles. The van der Waals surface area contributed by atoms with E-state index in [0.29, 0.717) is 17.4 Å². The van der Waals surface area contributed by atoms with Crippen LogP contribution in [0.4, 0.5) is 9.18 Å². The van der Waals surface area contributed by atoms with Crippen LogP contribution in [0.15, 0.2) is 24.4 Å². The number of nitrogens with one attached hydrogen (secondary N) is 1. The van der Waals surface area contributed by atoms with Gasteiger partial charge in [-0.25, -0.2) is 14.2 Å². The van der Waals surface area contributed by atoms with Crippen LogP contribution in [0.1, 0.15) is 44.2 Å². The Labute approximate surface area is 208 Å². The fourth-order valence-corrected chi connectivity index (χ4v) is 6.52. The van der Waals surface area contributed by atoms with Crippen LogP contribution in [0.5, 0.6) is 0 Å². The molecular weight excluding hydrogens is 467 g/mol. The van der Waals surface area contributed by atoms with Gasteiger partial charge in [0, 0.05) is 18.7 Å². The van der Waals surface area contributed by atoms with Crippen molar-refractivity contribution in [1.82, 2.24) is 15.2 Å². The number of amides is 2. The van der Waals surface area contributed by atoms with E-state index >= 15 is 0 Å². The maximum Gasteiger partial charge on any atom is 0.411 e. The van der Waals surface area contributed by atoms with Crippen molar-refractivity contribution in [2.75, 3.05) is 0 Å². The monoisotopic (exact) mass is 496 g/mol. The predicted octanol–water partition coefficient (Wildman–Crippen LogP) is 4.45. The summed E-state index contributed by atoms with van der Waals surface area (Å²) in [5.74, 6) is 0.181. The third-order valence-corrected chi connectivity index (χ3v) is 8.20. The normalized spacial score (nSPS) is 27.2. The Balaban J connectivity index is 1.29. The number of benzene rings is 1. The van der Waals surface area contributed by atoms with Crippen molar-refractivity contribution in [3.8, 4) is 16.5 Å². The molecule has 2 heterocycles. The highest BCUT2D eigenvalue weighted by atomic mass is 32.1. The number of carbonyl (C=O) groups is 2. The zero-order chi connectivity index (χ0) is 25.1. The second-order valence-corrected chi connectivity index (χ2v) is 12.0. The maximum atomic E-state index is 14.9. The first-order valence-electron chi connectivity index (χ1n) is 12.0. The van der Waals surface area contributed by atoms with Gasteiger partial charge < -0.3 is 10.1 Å². The zero-order valence-electron chi connectivity index (χ0n) is 20.2. The van der Waals surface area contributed by atoms with Crippen LogP contribution in [0.25, 0.3) is 10.4 Å². The molecule has 1 N–H and O–H groups in total. The number of thiazole rings is 1. The smallest absolute Gasteiger partial charge is 0.411 e. The Hall–Kier alpha value is -2.99. The largest absolute Gasteiger partial charge is 0.444 e. The van der Waals surface area contributed by atoms with Gasteiger partial charge in [-0.3, -0.25) is 9.69 Å². The molecule has 2 amide bonds. The fourth-order valence-electron chi connectivity index (χ4n) is 5.75. The molecule has 1 aromatic heterocycles. The van der Waals surface area contributed by atoms with E-state index in [4.69, 9.17) is 4.74 Å². The predicted molar refractivity (Wildman–Crippen MR) is 129 cm³/mol. The fraction of sp³-hybridized carbons (Fsp3) is 0.538. The third kappa shape index (κ3) is 4.52. The Morgan fingerprint density at radius 2 is 2.09 bits per heavy atom. The first-order valence-corrected chi connectivity index (χ1v) is 12.8. The molecule has 3 fully saturated rings. The molecule has 2 aliphatic carbocycles. The van der Waals surface area contributed by atoms with Crippen molar-refractivity contribution in [3.05, 3.63) is 40.8 Å². The number of aryl methyl sites for hydroxylation is 1. The van der Waals surface area contributed by atoms with Gasteiger partial charge in [0.2, 0.25) is 5.91 Å². The highest BCUT2D eigenvalue weighted by Crippen LogP contribution is 2.63. The molecule has 5 rings (SSSR count). The molecule has 1 aliphatic heterocycles. The Bertz CT molecular complexity index is 1220. The molecule has 0 radical (unpaired) electrons. The lowest BCUT2D eigenvalue weighted by atomic mass is 9.95. The molecule has 3 aliphatic rings. The van der Waals surface area contributed by atoms with Crippen LogP contribution in [0.3, 0.4) is 0 Å². The van der Waals surface area contributed by atoms with Crippen LogP contribution in [0.2, 0.25) is 0 Å². The number of fused-ring (bicyclic) bond motifs is 5. The Morgan fingerprint density at radius 3 is 2.71 bits per heavy atom. The number of carbonyl (C=O) groups excluding carboxylic acids is 2. The number of nitriles is 1. The summed E-state index contributed by atoms with van der Waals surface area (Å²) in [6.45, 7) is 7.30.